The normalized spacial score (nSPS) is 12.7. The highest BCUT2D eigenvalue weighted by Crippen LogP contribution is 2.58. The average Bonchev–Trinajstić information content (AvgIpc) is 3.47. The van der Waals surface area contributed by atoms with E-state index in [0.717, 1.165) is 66.0 Å². The Labute approximate surface area is 291 Å². The largest absolute Gasteiger partial charge is 0.239 e. The second-order valence-electron chi connectivity index (χ2n) is 12.4. The summed E-state index contributed by atoms with van der Waals surface area (Å²) in [5.74, 6) is 1.94. The van der Waals surface area contributed by atoms with Crippen LogP contribution in [0.4, 0.5) is 0 Å². The molecule has 236 valence electrons. The summed E-state index contributed by atoms with van der Waals surface area (Å²) in [7, 11) is -2.69. The minimum Gasteiger partial charge on any atom is -0.235 e. The zero-order valence-corrected chi connectivity index (χ0v) is 28.0. The SMILES string of the molecule is O[P+]1(c2ccc(-c3ccc(-c4ccc(-c5nc(-c6ccccc6)nc(-c6ccccc6)n5)cc4)cc3)cc2)c2ccccc2-c2ccccc21. The van der Waals surface area contributed by atoms with E-state index in [2.05, 4.69) is 97.1 Å². The predicted octanol–water partition coefficient (Wildman–Crippen LogP) is 9.39. The molecule has 0 fully saturated rings. The Morgan fingerprint density at radius 3 is 1.00 bits per heavy atom. The molecule has 0 radical (unpaired) electrons. The number of fused-ring (bicyclic) bond motifs is 3. The van der Waals surface area contributed by atoms with Crippen LogP contribution in [0, 0.1) is 0 Å². The van der Waals surface area contributed by atoms with Crippen molar-refractivity contribution in [2.24, 2.45) is 0 Å². The van der Waals surface area contributed by atoms with Gasteiger partial charge in [-0.25, -0.2) is 19.8 Å². The molecule has 1 aromatic heterocycles. The summed E-state index contributed by atoms with van der Waals surface area (Å²) in [6.07, 6.45) is 0. The molecule has 50 heavy (non-hydrogen) atoms. The number of benzene rings is 7. The lowest BCUT2D eigenvalue weighted by atomic mass is 9.99. The monoisotopic (exact) mass is 660 g/mol. The molecule has 0 spiro atoms. The van der Waals surface area contributed by atoms with Crippen LogP contribution in [0.3, 0.4) is 0 Å². The van der Waals surface area contributed by atoms with Gasteiger partial charge in [0.1, 0.15) is 15.9 Å². The van der Waals surface area contributed by atoms with Crippen LogP contribution in [0.1, 0.15) is 0 Å². The topological polar surface area (TPSA) is 58.9 Å². The first-order chi connectivity index (χ1) is 24.6. The van der Waals surface area contributed by atoms with Crippen molar-refractivity contribution >= 4 is 23.4 Å². The lowest BCUT2D eigenvalue weighted by molar-refractivity contribution is 0.634. The Morgan fingerprint density at radius 1 is 0.300 bits per heavy atom. The van der Waals surface area contributed by atoms with Crippen molar-refractivity contribution in [2.45, 2.75) is 0 Å². The summed E-state index contributed by atoms with van der Waals surface area (Å²) in [4.78, 5) is 26.9. The zero-order valence-electron chi connectivity index (χ0n) is 27.1. The van der Waals surface area contributed by atoms with E-state index < -0.39 is 7.49 Å². The van der Waals surface area contributed by atoms with Crippen molar-refractivity contribution < 1.29 is 4.89 Å². The zero-order chi connectivity index (χ0) is 33.5. The van der Waals surface area contributed by atoms with Gasteiger partial charge >= 0.3 is 0 Å². The number of nitrogens with zero attached hydrogens (tertiary/aromatic N) is 3. The summed E-state index contributed by atoms with van der Waals surface area (Å²) in [6, 6.07) is 62.1. The molecule has 0 saturated heterocycles. The molecule has 2 heterocycles. The van der Waals surface area contributed by atoms with Crippen LogP contribution < -0.4 is 15.9 Å². The van der Waals surface area contributed by atoms with Gasteiger partial charge in [-0.05, 0) is 46.5 Å². The van der Waals surface area contributed by atoms with E-state index in [1.54, 1.807) is 0 Å². The Bertz CT molecular complexity index is 2360. The standard InChI is InChI=1S/C45H31N3OP/c49-50(41-17-9-7-15-39(41)40-16-8-10-18-42(40)50)38-29-27-34(28-30-38)32-21-19-31(20-22-32)33-23-25-37(26-24-33)45-47-43(35-11-3-1-4-12-35)46-44(48-45)36-13-5-2-6-14-36/h1-30,49H/q+1. The van der Waals surface area contributed by atoms with E-state index in [4.69, 9.17) is 15.0 Å². The first-order valence-corrected chi connectivity index (χ1v) is 18.4. The number of rotatable bonds is 6. The summed E-state index contributed by atoms with van der Waals surface area (Å²) in [5, 5.41) is 3.04. The fraction of sp³-hybridized carbons (Fsp3) is 0. The number of hydrogen-bond donors (Lipinski definition) is 1. The van der Waals surface area contributed by atoms with Crippen molar-refractivity contribution in [3.63, 3.8) is 0 Å². The maximum Gasteiger partial charge on any atom is 0.239 e. The molecular formula is C45H31N3OP+. The average molecular weight is 661 g/mol. The molecule has 1 aliphatic rings. The van der Waals surface area contributed by atoms with E-state index >= 15 is 0 Å². The van der Waals surface area contributed by atoms with Gasteiger partial charge in [0, 0.05) is 27.8 Å². The molecule has 1 N–H and O–H groups in total. The van der Waals surface area contributed by atoms with E-state index in [1.807, 2.05) is 84.9 Å². The van der Waals surface area contributed by atoms with Crippen LogP contribution in [-0.2, 0) is 0 Å². The summed E-state index contributed by atoms with van der Waals surface area (Å²) in [6.45, 7) is 0. The van der Waals surface area contributed by atoms with Gasteiger partial charge in [-0.15, -0.1) is 0 Å². The molecule has 7 aromatic carbocycles. The van der Waals surface area contributed by atoms with Crippen LogP contribution in [0.25, 0.3) is 67.5 Å². The maximum absolute atomic E-state index is 12.3. The van der Waals surface area contributed by atoms with Gasteiger partial charge in [-0.1, -0.05) is 158 Å². The lowest BCUT2D eigenvalue weighted by Crippen LogP contribution is -2.26. The van der Waals surface area contributed by atoms with Crippen LogP contribution in [0.15, 0.2) is 182 Å². The van der Waals surface area contributed by atoms with Crippen LogP contribution in [0.2, 0.25) is 0 Å². The van der Waals surface area contributed by atoms with Gasteiger partial charge in [0.05, 0.1) is 0 Å². The quantitative estimate of drug-likeness (QED) is 0.181. The molecule has 4 nitrogen and oxygen atoms in total. The minimum absolute atomic E-state index is 0.639. The fourth-order valence-electron chi connectivity index (χ4n) is 6.85. The number of aromatic nitrogens is 3. The van der Waals surface area contributed by atoms with E-state index in [-0.39, 0.29) is 0 Å². The first kappa shape index (κ1) is 30.0. The first-order valence-electron chi connectivity index (χ1n) is 16.7. The number of hydrogen-bond acceptors (Lipinski definition) is 4. The van der Waals surface area contributed by atoms with Crippen molar-refractivity contribution in [1.29, 1.82) is 0 Å². The van der Waals surface area contributed by atoms with Crippen LogP contribution in [-0.4, -0.2) is 19.8 Å². The summed E-state index contributed by atoms with van der Waals surface area (Å²) < 4.78 is 0. The molecular weight excluding hydrogens is 629 g/mol. The Morgan fingerprint density at radius 2 is 0.600 bits per heavy atom. The van der Waals surface area contributed by atoms with Gasteiger partial charge in [0.2, 0.25) is 7.49 Å². The Balaban J connectivity index is 0.983. The third-order valence-electron chi connectivity index (χ3n) is 9.43. The molecule has 5 heteroatoms. The van der Waals surface area contributed by atoms with Gasteiger partial charge in [-0.2, -0.15) is 0 Å². The minimum atomic E-state index is -2.69. The molecule has 8 aromatic rings. The molecule has 0 atom stereocenters. The predicted molar refractivity (Wildman–Crippen MR) is 207 cm³/mol. The van der Waals surface area contributed by atoms with Crippen LogP contribution in [0.5, 0.6) is 0 Å². The van der Waals surface area contributed by atoms with Crippen LogP contribution >= 0.6 is 7.49 Å². The molecule has 0 saturated carbocycles. The third kappa shape index (κ3) is 5.23. The van der Waals surface area contributed by atoms with Crippen molar-refractivity contribution in [3.05, 3.63) is 182 Å². The van der Waals surface area contributed by atoms with E-state index in [9.17, 15) is 4.89 Å². The third-order valence-corrected chi connectivity index (χ3v) is 12.7. The van der Waals surface area contributed by atoms with Gasteiger partial charge in [0.25, 0.3) is 0 Å². The molecule has 0 unspecified atom stereocenters. The van der Waals surface area contributed by atoms with Gasteiger partial charge < -0.3 is 0 Å². The van der Waals surface area contributed by atoms with Crippen molar-refractivity contribution in [3.8, 4) is 67.5 Å². The molecule has 1 aliphatic heterocycles. The Hall–Kier alpha value is -6.06. The van der Waals surface area contributed by atoms with E-state index in [0.29, 0.717) is 17.5 Å². The van der Waals surface area contributed by atoms with Crippen molar-refractivity contribution in [2.75, 3.05) is 0 Å². The van der Waals surface area contributed by atoms with Gasteiger partial charge in [-0.3, -0.25) is 0 Å². The second kappa shape index (κ2) is 12.4. The van der Waals surface area contributed by atoms with E-state index in [1.165, 1.54) is 0 Å². The summed E-state index contributed by atoms with van der Waals surface area (Å²) in [5.41, 5.74) is 9.58. The second-order valence-corrected chi connectivity index (χ2v) is 15.2. The fourth-order valence-corrected chi connectivity index (χ4v) is 9.94. The molecule has 0 amide bonds. The lowest BCUT2D eigenvalue weighted by Gasteiger charge is -2.16. The smallest absolute Gasteiger partial charge is 0.235 e. The molecule has 9 rings (SSSR count). The molecule has 0 bridgehead atoms. The molecule has 0 aliphatic carbocycles. The Kier molecular flexibility index (Phi) is 7.47. The summed E-state index contributed by atoms with van der Waals surface area (Å²) >= 11 is 0. The highest BCUT2D eigenvalue weighted by molar-refractivity contribution is 7.92. The highest BCUT2D eigenvalue weighted by atomic mass is 31.2. The van der Waals surface area contributed by atoms with Crippen molar-refractivity contribution in [1.82, 2.24) is 15.0 Å². The highest BCUT2D eigenvalue weighted by Gasteiger charge is 2.52. The maximum atomic E-state index is 12.3. The van der Waals surface area contributed by atoms with Gasteiger partial charge in [0.15, 0.2) is 17.5 Å².